The Bertz CT molecular complexity index is 852. The standard InChI is InChI=1S/C23H32N4O3/c1-5-12-25-22(28)18-9-7-8-17(13-18)15-26-23(24-6-2)27-16-19-10-11-20(29-3)14-21(19)30-4/h7-11,13-14H,5-6,12,15-16H2,1-4H3,(H,25,28)(H2,24,26,27). The predicted octanol–water partition coefficient (Wildman–Crippen LogP) is 3.10. The molecule has 0 atom stereocenters. The van der Waals surface area contributed by atoms with E-state index in [1.165, 1.54) is 0 Å². The highest BCUT2D eigenvalue weighted by Crippen LogP contribution is 2.24. The van der Waals surface area contributed by atoms with Crippen molar-refractivity contribution in [2.24, 2.45) is 4.99 Å². The molecule has 0 aliphatic heterocycles. The predicted molar refractivity (Wildman–Crippen MR) is 120 cm³/mol. The van der Waals surface area contributed by atoms with E-state index in [0.717, 1.165) is 35.6 Å². The highest BCUT2D eigenvalue weighted by Gasteiger charge is 2.07. The Balaban J connectivity index is 2.05. The molecule has 162 valence electrons. The summed E-state index contributed by atoms with van der Waals surface area (Å²) in [4.78, 5) is 16.8. The van der Waals surface area contributed by atoms with Gasteiger partial charge in [-0.2, -0.15) is 0 Å². The van der Waals surface area contributed by atoms with Crippen molar-refractivity contribution in [3.63, 3.8) is 0 Å². The Morgan fingerprint density at radius 3 is 2.53 bits per heavy atom. The lowest BCUT2D eigenvalue weighted by molar-refractivity contribution is 0.0953. The normalized spacial score (nSPS) is 11.0. The van der Waals surface area contributed by atoms with Crippen LogP contribution in [0.1, 0.15) is 41.8 Å². The Kier molecular flexibility index (Phi) is 9.51. The molecule has 0 bridgehead atoms. The van der Waals surface area contributed by atoms with E-state index in [2.05, 4.69) is 20.9 Å². The third kappa shape index (κ3) is 6.99. The molecule has 0 aliphatic carbocycles. The Hall–Kier alpha value is -3.22. The molecule has 0 aromatic heterocycles. The van der Waals surface area contributed by atoms with E-state index in [9.17, 15) is 4.79 Å². The van der Waals surface area contributed by atoms with Crippen LogP contribution in [0.25, 0.3) is 0 Å². The number of benzene rings is 2. The number of methoxy groups -OCH3 is 2. The third-order valence-electron chi connectivity index (χ3n) is 4.43. The molecular weight excluding hydrogens is 380 g/mol. The second kappa shape index (κ2) is 12.4. The van der Waals surface area contributed by atoms with E-state index >= 15 is 0 Å². The lowest BCUT2D eigenvalue weighted by Gasteiger charge is -2.14. The number of guanidine groups is 1. The SMILES string of the molecule is CCCNC(=O)c1cccc(CN=C(NCC)NCc2ccc(OC)cc2OC)c1. The van der Waals surface area contributed by atoms with E-state index in [4.69, 9.17) is 9.47 Å². The van der Waals surface area contributed by atoms with Crippen LogP contribution in [-0.2, 0) is 13.1 Å². The Labute approximate surface area is 178 Å². The van der Waals surface area contributed by atoms with Crippen molar-refractivity contribution in [2.45, 2.75) is 33.4 Å². The van der Waals surface area contributed by atoms with Crippen LogP contribution in [0.2, 0.25) is 0 Å². The molecule has 2 aromatic rings. The van der Waals surface area contributed by atoms with Gasteiger partial charge >= 0.3 is 0 Å². The highest BCUT2D eigenvalue weighted by molar-refractivity contribution is 5.94. The molecule has 7 nitrogen and oxygen atoms in total. The first-order valence-electron chi connectivity index (χ1n) is 10.2. The van der Waals surface area contributed by atoms with E-state index in [1.54, 1.807) is 14.2 Å². The number of ether oxygens (including phenoxy) is 2. The maximum absolute atomic E-state index is 12.2. The summed E-state index contributed by atoms with van der Waals surface area (Å²) in [5.41, 5.74) is 2.62. The Morgan fingerprint density at radius 2 is 1.83 bits per heavy atom. The number of hydrogen-bond donors (Lipinski definition) is 3. The van der Waals surface area contributed by atoms with Crippen molar-refractivity contribution in [3.05, 3.63) is 59.2 Å². The maximum atomic E-state index is 12.2. The summed E-state index contributed by atoms with van der Waals surface area (Å²) in [6.45, 7) is 6.48. The minimum atomic E-state index is -0.0562. The second-order valence-corrected chi connectivity index (χ2v) is 6.68. The largest absolute Gasteiger partial charge is 0.497 e. The van der Waals surface area contributed by atoms with E-state index in [-0.39, 0.29) is 5.91 Å². The lowest BCUT2D eigenvalue weighted by Crippen LogP contribution is -2.36. The molecule has 0 heterocycles. The zero-order valence-electron chi connectivity index (χ0n) is 18.2. The number of carbonyl (C=O) groups excluding carboxylic acids is 1. The molecule has 0 unspecified atom stereocenters. The minimum absolute atomic E-state index is 0.0562. The quantitative estimate of drug-likeness (QED) is 0.413. The Morgan fingerprint density at radius 1 is 1.00 bits per heavy atom. The van der Waals surface area contributed by atoms with Gasteiger partial charge in [-0.25, -0.2) is 4.99 Å². The van der Waals surface area contributed by atoms with Crippen LogP contribution in [0.3, 0.4) is 0 Å². The molecule has 3 N–H and O–H groups in total. The summed E-state index contributed by atoms with van der Waals surface area (Å²) in [6, 6.07) is 13.3. The fraction of sp³-hybridized carbons (Fsp3) is 0.391. The van der Waals surface area contributed by atoms with Gasteiger partial charge in [0.05, 0.1) is 20.8 Å². The second-order valence-electron chi connectivity index (χ2n) is 6.68. The van der Waals surface area contributed by atoms with Crippen LogP contribution < -0.4 is 25.4 Å². The molecule has 0 saturated carbocycles. The fourth-order valence-corrected chi connectivity index (χ4v) is 2.84. The monoisotopic (exact) mass is 412 g/mol. The van der Waals surface area contributed by atoms with Crippen molar-refractivity contribution in [2.75, 3.05) is 27.3 Å². The summed E-state index contributed by atoms with van der Waals surface area (Å²) in [6.07, 6.45) is 0.909. The van der Waals surface area contributed by atoms with Crippen molar-refractivity contribution in [1.29, 1.82) is 0 Å². The van der Waals surface area contributed by atoms with Gasteiger partial charge in [-0.15, -0.1) is 0 Å². The first-order chi connectivity index (χ1) is 14.6. The van der Waals surface area contributed by atoms with Crippen LogP contribution >= 0.6 is 0 Å². The van der Waals surface area contributed by atoms with Gasteiger partial charge in [0.15, 0.2) is 5.96 Å². The van der Waals surface area contributed by atoms with E-state index in [0.29, 0.717) is 31.2 Å². The zero-order valence-corrected chi connectivity index (χ0v) is 18.2. The van der Waals surface area contributed by atoms with Crippen LogP contribution in [0.15, 0.2) is 47.5 Å². The number of nitrogens with zero attached hydrogens (tertiary/aromatic N) is 1. The van der Waals surface area contributed by atoms with Gasteiger partial charge in [-0.05, 0) is 43.2 Å². The summed E-state index contributed by atoms with van der Waals surface area (Å²) in [7, 11) is 3.27. The summed E-state index contributed by atoms with van der Waals surface area (Å²) in [5, 5.41) is 9.46. The molecule has 2 rings (SSSR count). The van der Waals surface area contributed by atoms with Crippen molar-refractivity contribution in [3.8, 4) is 11.5 Å². The van der Waals surface area contributed by atoms with E-state index in [1.807, 2.05) is 56.3 Å². The molecule has 2 aromatic carbocycles. The summed E-state index contributed by atoms with van der Waals surface area (Å²) >= 11 is 0. The number of nitrogens with one attached hydrogen (secondary N) is 3. The minimum Gasteiger partial charge on any atom is -0.497 e. The molecule has 1 amide bonds. The molecule has 0 spiro atoms. The molecule has 0 saturated heterocycles. The van der Waals surface area contributed by atoms with E-state index < -0.39 is 0 Å². The van der Waals surface area contributed by atoms with Gasteiger partial charge < -0.3 is 25.4 Å². The molecule has 30 heavy (non-hydrogen) atoms. The van der Waals surface area contributed by atoms with Gasteiger partial charge in [0, 0.05) is 36.8 Å². The number of hydrogen-bond acceptors (Lipinski definition) is 4. The van der Waals surface area contributed by atoms with Gasteiger partial charge in [-0.1, -0.05) is 19.1 Å². The number of aliphatic imine (C=N–C) groups is 1. The summed E-state index contributed by atoms with van der Waals surface area (Å²) in [5.74, 6) is 2.14. The average molecular weight is 413 g/mol. The first kappa shape index (κ1) is 23.1. The molecular formula is C23H32N4O3. The molecule has 7 heteroatoms. The molecule has 0 fully saturated rings. The zero-order chi connectivity index (χ0) is 21.8. The van der Waals surface area contributed by atoms with Crippen LogP contribution in [0, 0.1) is 0 Å². The third-order valence-corrected chi connectivity index (χ3v) is 4.43. The van der Waals surface area contributed by atoms with Gasteiger partial charge in [0.25, 0.3) is 5.91 Å². The smallest absolute Gasteiger partial charge is 0.251 e. The van der Waals surface area contributed by atoms with Gasteiger partial charge in [0.2, 0.25) is 0 Å². The maximum Gasteiger partial charge on any atom is 0.251 e. The van der Waals surface area contributed by atoms with Gasteiger partial charge in [-0.3, -0.25) is 4.79 Å². The number of carbonyl (C=O) groups is 1. The van der Waals surface area contributed by atoms with Crippen molar-refractivity contribution < 1.29 is 14.3 Å². The summed E-state index contributed by atoms with van der Waals surface area (Å²) < 4.78 is 10.7. The number of amides is 1. The first-order valence-corrected chi connectivity index (χ1v) is 10.2. The highest BCUT2D eigenvalue weighted by atomic mass is 16.5. The molecule has 0 radical (unpaired) electrons. The molecule has 0 aliphatic rings. The van der Waals surface area contributed by atoms with Crippen LogP contribution in [0.5, 0.6) is 11.5 Å². The van der Waals surface area contributed by atoms with Crippen molar-refractivity contribution in [1.82, 2.24) is 16.0 Å². The van der Waals surface area contributed by atoms with Crippen LogP contribution in [0.4, 0.5) is 0 Å². The number of rotatable bonds is 10. The van der Waals surface area contributed by atoms with Crippen molar-refractivity contribution >= 4 is 11.9 Å². The average Bonchev–Trinajstić information content (AvgIpc) is 2.79. The van der Waals surface area contributed by atoms with Gasteiger partial charge in [0.1, 0.15) is 11.5 Å². The lowest BCUT2D eigenvalue weighted by atomic mass is 10.1. The van der Waals surface area contributed by atoms with Crippen LogP contribution in [-0.4, -0.2) is 39.2 Å². The topological polar surface area (TPSA) is 84.0 Å². The fourth-order valence-electron chi connectivity index (χ4n) is 2.84.